The first-order valence-corrected chi connectivity index (χ1v) is 11.3. The Morgan fingerprint density at radius 3 is 2.50 bits per heavy atom. The van der Waals surface area contributed by atoms with E-state index < -0.39 is 0 Å². The second kappa shape index (κ2) is 10.1. The van der Waals surface area contributed by atoms with E-state index in [0.717, 1.165) is 44.8 Å². The molecule has 7 rings (SSSR count). The monoisotopic (exact) mass is 650 g/mol. The quantitative estimate of drug-likeness (QED) is 0.209. The molecule has 0 bridgehead atoms. The predicted octanol–water partition coefficient (Wildman–Crippen LogP) is 6.31. The molecular formula is C29H23IrN5O-4. The van der Waals surface area contributed by atoms with Gasteiger partial charge in [0.05, 0.1) is 5.69 Å². The predicted molar refractivity (Wildman–Crippen MR) is 141 cm³/mol. The molecule has 0 unspecified atom stereocenters. The molecule has 6 nitrogen and oxygen atoms in total. The number of benzene rings is 3. The summed E-state index contributed by atoms with van der Waals surface area (Å²) in [5, 5.41) is 2.27. The van der Waals surface area contributed by atoms with Crippen LogP contribution in [0.3, 0.4) is 0 Å². The van der Waals surface area contributed by atoms with Gasteiger partial charge in [-0.15, -0.1) is 5.69 Å². The molecule has 4 heterocycles. The van der Waals surface area contributed by atoms with Crippen LogP contribution >= 0.6 is 0 Å². The van der Waals surface area contributed by atoms with E-state index in [1.807, 2.05) is 115 Å². The average molecular weight is 650 g/mol. The zero-order valence-electron chi connectivity index (χ0n) is 19.8. The third kappa shape index (κ3) is 4.32. The van der Waals surface area contributed by atoms with E-state index in [2.05, 4.69) is 34.1 Å². The minimum atomic E-state index is 0. The summed E-state index contributed by atoms with van der Waals surface area (Å²) < 4.78 is 5.99. The molecule has 0 saturated heterocycles. The van der Waals surface area contributed by atoms with Crippen molar-refractivity contribution in [2.24, 2.45) is 0 Å². The van der Waals surface area contributed by atoms with Gasteiger partial charge in [0.2, 0.25) is 0 Å². The van der Waals surface area contributed by atoms with Crippen LogP contribution < -0.4 is 14.7 Å². The normalized spacial score (nSPS) is 14.2. The van der Waals surface area contributed by atoms with Crippen LogP contribution in [0.5, 0.6) is 0 Å². The first-order chi connectivity index (χ1) is 17.2. The minimum Gasteiger partial charge on any atom is -0.514 e. The van der Waals surface area contributed by atoms with Gasteiger partial charge in [0.1, 0.15) is 11.4 Å². The molecule has 5 aromatic rings. The second-order valence-corrected chi connectivity index (χ2v) is 8.34. The molecule has 3 aromatic carbocycles. The van der Waals surface area contributed by atoms with E-state index in [1.54, 1.807) is 6.20 Å². The fourth-order valence-corrected chi connectivity index (χ4v) is 4.31. The van der Waals surface area contributed by atoms with Crippen molar-refractivity contribution >= 4 is 44.8 Å². The van der Waals surface area contributed by atoms with Crippen LogP contribution in [0.1, 0.15) is 0 Å². The largest absolute Gasteiger partial charge is 0.514 e. The van der Waals surface area contributed by atoms with E-state index in [4.69, 9.17) is 4.42 Å². The van der Waals surface area contributed by atoms with Crippen LogP contribution in [0.4, 0.5) is 22.9 Å². The molecule has 0 fully saturated rings. The van der Waals surface area contributed by atoms with Gasteiger partial charge in [0, 0.05) is 37.3 Å². The van der Waals surface area contributed by atoms with Crippen LogP contribution in [0.15, 0.2) is 95.8 Å². The number of nitrogens with zero attached hydrogens (tertiary/aromatic N) is 5. The standard InChI is InChI=1S/C16H12N2O.C13H11N3.Ir/c1-17-9-10-18(11-17)14-7-4-6-13-12-5-2-3-8-15(12)19-16(13)14;1-15-10-16(11-6-3-2-4-7-11)12-8-5-9-14-13(12)15;/h2-6,8-11H,1H3;2-6,8-10H,1H3;/q2*-2;. The van der Waals surface area contributed by atoms with E-state index in [9.17, 15) is 0 Å². The fraction of sp³-hybridized carbons (Fsp3) is 0.0690. The number of pyridine rings is 1. The Morgan fingerprint density at radius 2 is 1.69 bits per heavy atom. The summed E-state index contributed by atoms with van der Waals surface area (Å²) in [5.74, 6) is 0.972. The minimum absolute atomic E-state index is 0. The van der Waals surface area contributed by atoms with Gasteiger partial charge in [0.15, 0.2) is 0 Å². The zero-order valence-corrected chi connectivity index (χ0v) is 22.2. The van der Waals surface area contributed by atoms with E-state index in [0.29, 0.717) is 0 Å². The van der Waals surface area contributed by atoms with E-state index in [1.165, 1.54) is 0 Å². The van der Waals surface area contributed by atoms with Crippen molar-refractivity contribution < 1.29 is 24.5 Å². The maximum Gasteiger partial charge on any atom is 0.121 e. The van der Waals surface area contributed by atoms with Crippen molar-refractivity contribution in [3.63, 3.8) is 0 Å². The van der Waals surface area contributed by atoms with Crippen molar-refractivity contribution in [2.75, 3.05) is 28.8 Å². The van der Waals surface area contributed by atoms with Gasteiger partial charge >= 0.3 is 0 Å². The number of hydrogen-bond acceptors (Lipinski definition) is 6. The van der Waals surface area contributed by atoms with Gasteiger partial charge in [-0.25, -0.2) is 4.98 Å². The van der Waals surface area contributed by atoms with Crippen molar-refractivity contribution in [3.05, 3.63) is 117 Å². The maximum absolute atomic E-state index is 5.99. The van der Waals surface area contributed by atoms with Crippen LogP contribution in [0.25, 0.3) is 21.9 Å². The van der Waals surface area contributed by atoms with E-state index >= 15 is 0 Å². The average Bonchev–Trinajstić information content (AvgIpc) is 3.60. The number of anilines is 4. The molecular weight excluding hydrogens is 627 g/mol. The van der Waals surface area contributed by atoms with Crippen molar-refractivity contribution in [1.29, 1.82) is 0 Å². The topological polar surface area (TPSA) is 39.0 Å². The molecule has 2 aromatic heterocycles. The third-order valence-corrected chi connectivity index (χ3v) is 5.95. The Hall–Kier alpha value is -3.80. The number of para-hydroxylation sites is 2. The maximum atomic E-state index is 5.99. The summed E-state index contributed by atoms with van der Waals surface area (Å²) in [6.45, 7) is 4.02. The molecule has 0 spiro atoms. The Kier molecular flexibility index (Phi) is 6.68. The number of rotatable bonds is 2. The molecule has 0 amide bonds. The first-order valence-electron chi connectivity index (χ1n) is 11.3. The number of hydrogen-bond donors (Lipinski definition) is 0. The summed E-state index contributed by atoms with van der Waals surface area (Å²) in [5.41, 5.74) is 4.85. The SMILES string of the molecule is CN1C=CN(c2[c-]ccc3c2oc2ccccc23)[CH-]1.CN1[CH-]N(c2[c-]cccc2)c2cccnc21.[Ir]. The van der Waals surface area contributed by atoms with Crippen LogP contribution in [0, 0.1) is 25.5 Å². The summed E-state index contributed by atoms with van der Waals surface area (Å²) in [4.78, 5) is 12.5. The second-order valence-electron chi connectivity index (χ2n) is 8.34. The molecule has 7 heteroatoms. The Labute approximate surface area is 224 Å². The van der Waals surface area contributed by atoms with Gasteiger partial charge in [-0.1, -0.05) is 29.3 Å². The van der Waals surface area contributed by atoms with Crippen LogP contribution in [-0.4, -0.2) is 24.0 Å². The Morgan fingerprint density at radius 1 is 0.833 bits per heavy atom. The molecule has 36 heavy (non-hydrogen) atoms. The fourth-order valence-electron chi connectivity index (χ4n) is 4.31. The number of aromatic nitrogens is 1. The molecule has 2 aliphatic heterocycles. The summed E-state index contributed by atoms with van der Waals surface area (Å²) in [7, 11) is 3.99. The summed E-state index contributed by atoms with van der Waals surface area (Å²) in [6.07, 6.45) is 5.80. The van der Waals surface area contributed by atoms with Gasteiger partial charge in [-0.3, -0.25) is 0 Å². The first kappa shape index (κ1) is 23.9. The number of fused-ring (bicyclic) bond motifs is 4. The van der Waals surface area contributed by atoms with Gasteiger partial charge in [-0.2, -0.15) is 61.9 Å². The van der Waals surface area contributed by atoms with Crippen molar-refractivity contribution in [1.82, 2.24) is 9.88 Å². The van der Waals surface area contributed by atoms with Gasteiger partial charge < -0.3 is 24.0 Å². The molecule has 183 valence electrons. The van der Waals surface area contributed by atoms with Crippen LogP contribution in [0.2, 0.25) is 0 Å². The van der Waals surface area contributed by atoms with Crippen molar-refractivity contribution in [2.45, 2.75) is 0 Å². The third-order valence-electron chi connectivity index (χ3n) is 5.95. The van der Waals surface area contributed by atoms with Gasteiger partial charge in [-0.05, 0) is 44.7 Å². The molecule has 0 saturated carbocycles. The molecule has 1 radical (unpaired) electrons. The van der Waals surface area contributed by atoms with Gasteiger partial charge in [0.25, 0.3) is 0 Å². The molecule has 0 N–H and O–H groups in total. The summed E-state index contributed by atoms with van der Waals surface area (Å²) >= 11 is 0. The molecule has 0 atom stereocenters. The van der Waals surface area contributed by atoms with Crippen molar-refractivity contribution in [3.8, 4) is 0 Å². The molecule has 0 aliphatic carbocycles. The smallest absolute Gasteiger partial charge is 0.121 e. The Balaban J connectivity index is 0.000000146. The Bertz CT molecular complexity index is 1520. The summed E-state index contributed by atoms with van der Waals surface area (Å²) in [6, 6.07) is 30.5. The molecule has 2 aliphatic rings. The zero-order chi connectivity index (χ0) is 23.8. The van der Waals surface area contributed by atoms with Crippen LogP contribution in [-0.2, 0) is 20.1 Å². The number of furan rings is 1. The van der Waals surface area contributed by atoms with E-state index in [-0.39, 0.29) is 20.1 Å².